The van der Waals surface area contributed by atoms with Gasteiger partial charge in [-0.25, -0.2) is 4.39 Å². The maximum absolute atomic E-state index is 14.2. The number of hydrogen-bond donors (Lipinski definition) is 2. The number of nitrogens with two attached hydrogens (primary N) is 1. The van der Waals surface area contributed by atoms with Crippen LogP contribution in [-0.2, 0) is 18.0 Å². The number of hydrogen-bond acceptors (Lipinski definition) is 8. The van der Waals surface area contributed by atoms with Crippen molar-refractivity contribution in [3.05, 3.63) is 136 Å². The fourth-order valence-corrected chi connectivity index (χ4v) is 4.91. The number of anilines is 3. The highest BCUT2D eigenvalue weighted by Gasteiger charge is 2.16. The molecule has 3 aromatic carbocycles. The minimum Gasteiger partial charge on any atom is -0.487 e. The molecule has 1 aliphatic rings. The molecule has 1 saturated heterocycles. The molecule has 9 nitrogen and oxygen atoms in total. The number of nitrogens with zero attached hydrogens (tertiary/aromatic N) is 3. The van der Waals surface area contributed by atoms with E-state index in [-0.39, 0.29) is 12.2 Å². The molecular weight excluding hydrogens is 644 g/mol. The van der Waals surface area contributed by atoms with E-state index >= 15 is 0 Å². The SMILES string of the molecule is Nc1ccc(Cl)c(COc2cccnc2)c1.O=C(Nc1ccc(Cl)c(COc2cccnc2)c1)c1cc(F)cc(N2CCOCC2)c1. The summed E-state index contributed by atoms with van der Waals surface area (Å²) in [5.74, 6) is 0.454. The van der Waals surface area contributed by atoms with Gasteiger partial charge in [0.25, 0.3) is 5.91 Å². The fraction of sp³-hybridized carbons (Fsp3) is 0.171. The molecule has 12 heteroatoms. The second kappa shape index (κ2) is 16.6. The first kappa shape index (κ1) is 33.5. The molecule has 0 radical (unpaired) electrons. The van der Waals surface area contributed by atoms with E-state index in [1.54, 1.807) is 79.4 Å². The number of halogens is 3. The quantitative estimate of drug-likeness (QED) is 0.155. The number of morpholine rings is 1. The molecule has 6 rings (SSSR count). The van der Waals surface area contributed by atoms with Gasteiger partial charge in [0.2, 0.25) is 0 Å². The van der Waals surface area contributed by atoms with Crippen LogP contribution < -0.4 is 25.4 Å². The summed E-state index contributed by atoms with van der Waals surface area (Å²) in [6.07, 6.45) is 6.61. The van der Waals surface area contributed by atoms with Gasteiger partial charge in [-0.1, -0.05) is 23.2 Å². The first-order chi connectivity index (χ1) is 22.8. The highest BCUT2D eigenvalue weighted by atomic mass is 35.5. The molecule has 242 valence electrons. The summed E-state index contributed by atoms with van der Waals surface area (Å²) in [6.45, 7) is 3.06. The van der Waals surface area contributed by atoms with Gasteiger partial charge in [0.1, 0.15) is 30.5 Å². The van der Waals surface area contributed by atoms with Crippen LogP contribution in [0.15, 0.2) is 104 Å². The van der Waals surface area contributed by atoms with Gasteiger partial charge >= 0.3 is 0 Å². The molecule has 0 unspecified atom stereocenters. The van der Waals surface area contributed by atoms with Crippen molar-refractivity contribution in [2.75, 3.05) is 42.3 Å². The van der Waals surface area contributed by atoms with Crippen molar-refractivity contribution < 1.29 is 23.4 Å². The van der Waals surface area contributed by atoms with Gasteiger partial charge in [0.15, 0.2) is 0 Å². The van der Waals surface area contributed by atoms with E-state index in [0.717, 1.165) is 5.56 Å². The van der Waals surface area contributed by atoms with Gasteiger partial charge in [-0.3, -0.25) is 14.8 Å². The van der Waals surface area contributed by atoms with E-state index in [1.807, 2.05) is 17.0 Å². The molecule has 47 heavy (non-hydrogen) atoms. The van der Waals surface area contributed by atoms with Crippen LogP contribution in [0.4, 0.5) is 21.5 Å². The molecule has 0 saturated carbocycles. The van der Waals surface area contributed by atoms with E-state index < -0.39 is 11.7 Å². The highest BCUT2D eigenvalue weighted by Crippen LogP contribution is 2.25. The third-order valence-electron chi connectivity index (χ3n) is 6.95. The standard InChI is InChI=1S/C23H21ClFN3O3.C12H11ClN2O/c24-22-4-3-19(11-17(22)15-31-21-2-1-5-26-14-21)27-23(29)16-10-18(25)13-20(12-16)28-6-8-30-9-7-28;13-12-4-3-10(14)6-9(12)8-16-11-2-1-5-15-7-11/h1-5,10-14H,6-9,15H2,(H,27,29);1-7H,8,14H2. The minimum absolute atomic E-state index is 0.218. The van der Waals surface area contributed by atoms with Crippen molar-refractivity contribution in [1.82, 2.24) is 9.97 Å². The molecule has 0 bridgehead atoms. The summed E-state index contributed by atoms with van der Waals surface area (Å²) in [6, 6.07) is 22.0. The molecule has 3 heterocycles. The van der Waals surface area contributed by atoms with Gasteiger partial charge in [-0.2, -0.15) is 0 Å². The van der Waals surface area contributed by atoms with Crippen LogP contribution in [0.25, 0.3) is 0 Å². The average Bonchev–Trinajstić information content (AvgIpc) is 3.10. The van der Waals surface area contributed by atoms with Crippen molar-refractivity contribution in [2.24, 2.45) is 0 Å². The van der Waals surface area contributed by atoms with E-state index in [4.69, 9.17) is 43.1 Å². The first-order valence-electron chi connectivity index (χ1n) is 14.7. The van der Waals surface area contributed by atoms with Crippen molar-refractivity contribution in [2.45, 2.75) is 13.2 Å². The molecule has 0 spiro atoms. The summed E-state index contributed by atoms with van der Waals surface area (Å²) in [4.78, 5) is 22.7. The molecule has 2 aromatic heterocycles. The second-order valence-corrected chi connectivity index (χ2v) is 11.2. The lowest BCUT2D eigenvalue weighted by molar-refractivity contribution is 0.102. The second-order valence-electron chi connectivity index (χ2n) is 10.4. The highest BCUT2D eigenvalue weighted by molar-refractivity contribution is 6.31. The van der Waals surface area contributed by atoms with Crippen LogP contribution in [0.3, 0.4) is 0 Å². The zero-order chi connectivity index (χ0) is 33.0. The lowest BCUT2D eigenvalue weighted by atomic mass is 10.1. The molecule has 0 atom stereocenters. The summed E-state index contributed by atoms with van der Waals surface area (Å²) in [5.41, 5.74) is 9.36. The number of carbonyl (C=O) groups excluding carboxylic acids is 1. The van der Waals surface area contributed by atoms with Gasteiger partial charge in [-0.15, -0.1) is 0 Å². The van der Waals surface area contributed by atoms with Crippen LogP contribution in [-0.4, -0.2) is 42.2 Å². The average molecular weight is 677 g/mol. The molecule has 3 N–H and O–H groups in total. The van der Waals surface area contributed by atoms with E-state index in [2.05, 4.69) is 15.3 Å². The van der Waals surface area contributed by atoms with Gasteiger partial charge in [-0.05, 0) is 78.9 Å². The Morgan fingerprint density at radius 3 is 2.09 bits per heavy atom. The Labute approximate surface area is 282 Å². The Bertz CT molecular complexity index is 1780. The molecule has 1 amide bonds. The largest absolute Gasteiger partial charge is 0.487 e. The number of nitrogen functional groups attached to an aromatic ring is 1. The monoisotopic (exact) mass is 675 g/mol. The molecule has 0 aliphatic carbocycles. The van der Waals surface area contributed by atoms with Crippen LogP contribution in [0, 0.1) is 5.82 Å². The summed E-state index contributed by atoms with van der Waals surface area (Å²) >= 11 is 12.3. The normalized spacial score (nSPS) is 12.4. The predicted molar refractivity (Wildman–Crippen MR) is 182 cm³/mol. The number of amides is 1. The third kappa shape index (κ3) is 10.0. The van der Waals surface area contributed by atoms with Crippen LogP contribution in [0.2, 0.25) is 10.0 Å². The first-order valence-corrected chi connectivity index (χ1v) is 15.4. The van der Waals surface area contributed by atoms with Crippen molar-refractivity contribution in [1.29, 1.82) is 0 Å². The molecular formula is C35H32Cl2FN5O4. The Hall–Kier alpha value is -4.90. The Kier molecular flexibility index (Phi) is 11.8. The van der Waals surface area contributed by atoms with E-state index in [1.165, 1.54) is 12.1 Å². The van der Waals surface area contributed by atoms with Crippen molar-refractivity contribution >= 4 is 46.2 Å². The number of rotatable bonds is 9. The topological polar surface area (TPSA) is 112 Å². The van der Waals surface area contributed by atoms with E-state index in [9.17, 15) is 9.18 Å². The van der Waals surface area contributed by atoms with Gasteiger partial charge in [0.05, 0.1) is 25.6 Å². The van der Waals surface area contributed by atoms with E-state index in [0.29, 0.717) is 77.1 Å². The lowest BCUT2D eigenvalue weighted by Crippen LogP contribution is -2.36. The van der Waals surface area contributed by atoms with Gasteiger partial charge in [0, 0.05) is 69.3 Å². The smallest absolute Gasteiger partial charge is 0.255 e. The molecule has 1 aliphatic heterocycles. The predicted octanol–water partition coefficient (Wildman–Crippen LogP) is 7.44. The summed E-state index contributed by atoms with van der Waals surface area (Å²) in [7, 11) is 0. The van der Waals surface area contributed by atoms with Crippen molar-refractivity contribution in [3.63, 3.8) is 0 Å². The Morgan fingerprint density at radius 2 is 1.47 bits per heavy atom. The Balaban J connectivity index is 0.000000227. The molecule has 5 aromatic rings. The van der Waals surface area contributed by atoms with Crippen LogP contribution in [0.5, 0.6) is 11.5 Å². The number of aromatic nitrogens is 2. The molecule has 1 fully saturated rings. The maximum Gasteiger partial charge on any atom is 0.255 e. The minimum atomic E-state index is -0.462. The zero-order valence-corrected chi connectivity index (χ0v) is 26.8. The number of pyridine rings is 2. The summed E-state index contributed by atoms with van der Waals surface area (Å²) < 4.78 is 30.7. The van der Waals surface area contributed by atoms with Crippen LogP contribution in [0.1, 0.15) is 21.5 Å². The maximum atomic E-state index is 14.2. The fourth-order valence-electron chi connectivity index (χ4n) is 4.57. The number of carbonyl (C=O) groups is 1. The van der Waals surface area contributed by atoms with Gasteiger partial charge < -0.3 is 30.2 Å². The van der Waals surface area contributed by atoms with Crippen molar-refractivity contribution in [3.8, 4) is 11.5 Å². The summed E-state index contributed by atoms with van der Waals surface area (Å²) in [5, 5.41) is 3.97. The number of nitrogens with one attached hydrogen (secondary N) is 1. The lowest BCUT2D eigenvalue weighted by Gasteiger charge is -2.29. The number of benzene rings is 3. The third-order valence-corrected chi connectivity index (χ3v) is 7.69. The Morgan fingerprint density at radius 1 is 0.851 bits per heavy atom. The van der Waals surface area contributed by atoms with Crippen LogP contribution >= 0.6 is 23.2 Å². The number of ether oxygens (including phenoxy) is 3. The zero-order valence-electron chi connectivity index (χ0n) is 25.2.